The van der Waals surface area contributed by atoms with Crippen molar-refractivity contribution in [1.82, 2.24) is 4.90 Å². The Kier molecular flexibility index (Phi) is 5.51. The summed E-state index contributed by atoms with van der Waals surface area (Å²) in [6.45, 7) is 2.25. The summed E-state index contributed by atoms with van der Waals surface area (Å²) in [7, 11) is 1.58. The largest absolute Gasteiger partial charge is 0.573 e. The fraction of sp³-hybridized carbons (Fsp3) is 0.360. The minimum absolute atomic E-state index is 0.172. The van der Waals surface area contributed by atoms with E-state index in [2.05, 4.69) is 10.1 Å². The van der Waals surface area contributed by atoms with E-state index in [0.29, 0.717) is 18.0 Å². The van der Waals surface area contributed by atoms with E-state index in [0.717, 1.165) is 17.7 Å². The number of anilines is 1. The van der Waals surface area contributed by atoms with Crippen molar-refractivity contribution in [2.24, 2.45) is 11.8 Å². The standard InChI is InChI=1S/C25H23F3N2O5/c1-14(15-3-7-17(33-2)8-4-15)30-13-24-12-11-19(35-24)20(21(24)23(30)32)22(31)29-16-5-9-18(10-6-16)34-25(26,27)28/h3-12,14,19-21H,13H2,1-2H3,(H,29,31)/t14-,19+,20-,21-,24+/m0/s1. The smallest absolute Gasteiger partial charge is 0.497 e. The number of alkyl halides is 3. The van der Waals surface area contributed by atoms with Gasteiger partial charge in [0.1, 0.15) is 17.1 Å². The van der Waals surface area contributed by atoms with Crippen LogP contribution in [0.15, 0.2) is 60.7 Å². The number of carbonyl (C=O) groups excluding carboxylic acids is 2. The Hall–Kier alpha value is -3.53. The number of carbonyl (C=O) groups is 2. The lowest BCUT2D eigenvalue weighted by Crippen LogP contribution is -2.41. The number of rotatable bonds is 6. The van der Waals surface area contributed by atoms with E-state index in [1.165, 1.54) is 12.1 Å². The van der Waals surface area contributed by atoms with Crippen LogP contribution >= 0.6 is 0 Å². The van der Waals surface area contributed by atoms with Crippen molar-refractivity contribution in [3.05, 3.63) is 66.2 Å². The third kappa shape index (κ3) is 4.12. The lowest BCUT2D eigenvalue weighted by molar-refractivity contribution is -0.274. The Bertz CT molecular complexity index is 1170. The molecule has 7 nitrogen and oxygen atoms in total. The molecule has 2 amide bonds. The average molecular weight is 488 g/mol. The van der Waals surface area contributed by atoms with Crippen LogP contribution in [0.3, 0.4) is 0 Å². The predicted octanol–water partition coefficient (Wildman–Crippen LogP) is 4.08. The molecule has 5 rings (SSSR count). The second-order valence-electron chi connectivity index (χ2n) is 8.88. The van der Waals surface area contributed by atoms with Crippen LogP contribution in [0.1, 0.15) is 18.5 Å². The molecule has 3 aliphatic heterocycles. The summed E-state index contributed by atoms with van der Waals surface area (Å²) < 4.78 is 52.4. The van der Waals surface area contributed by atoms with Crippen LogP contribution in [0.4, 0.5) is 18.9 Å². The molecule has 3 heterocycles. The van der Waals surface area contributed by atoms with E-state index < -0.39 is 41.6 Å². The van der Waals surface area contributed by atoms with Gasteiger partial charge in [0.15, 0.2) is 0 Å². The van der Waals surface area contributed by atoms with Crippen LogP contribution in [0, 0.1) is 11.8 Å². The van der Waals surface area contributed by atoms with Gasteiger partial charge in [0.25, 0.3) is 0 Å². The molecule has 2 aromatic rings. The molecule has 3 aliphatic rings. The molecule has 184 valence electrons. The normalized spacial score (nSPS) is 27.6. The zero-order valence-electron chi connectivity index (χ0n) is 18.9. The van der Waals surface area contributed by atoms with E-state index >= 15 is 0 Å². The van der Waals surface area contributed by atoms with Crippen LogP contribution in [0.5, 0.6) is 11.5 Å². The first-order valence-corrected chi connectivity index (χ1v) is 11.1. The fourth-order valence-electron chi connectivity index (χ4n) is 5.18. The molecule has 10 heteroatoms. The Labute approximate surface area is 199 Å². The number of benzene rings is 2. The minimum atomic E-state index is -4.80. The third-order valence-corrected chi connectivity index (χ3v) is 6.85. The first-order valence-electron chi connectivity index (χ1n) is 11.1. The zero-order valence-corrected chi connectivity index (χ0v) is 18.9. The van der Waals surface area contributed by atoms with Gasteiger partial charge in [-0.2, -0.15) is 0 Å². The highest BCUT2D eigenvalue weighted by molar-refractivity contribution is 5.99. The summed E-state index contributed by atoms with van der Waals surface area (Å²) in [4.78, 5) is 28.5. The van der Waals surface area contributed by atoms with E-state index in [-0.39, 0.29) is 11.9 Å². The summed E-state index contributed by atoms with van der Waals surface area (Å²) in [6.07, 6.45) is -1.68. The molecule has 1 spiro atoms. The van der Waals surface area contributed by atoms with Gasteiger partial charge in [0.05, 0.1) is 37.6 Å². The van der Waals surface area contributed by atoms with Crippen molar-refractivity contribution in [3.8, 4) is 11.5 Å². The van der Waals surface area contributed by atoms with Crippen molar-refractivity contribution in [1.29, 1.82) is 0 Å². The van der Waals surface area contributed by atoms with Gasteiger partial charge in [-0.3, -0.25) is 9.59 Å². The van der Waals surface area contributed by atoms with Gasteiger partial charge in [-0.25, -0.2) is 0 Å². The van der Waals surface area contributed by atoms with Gasteiger partial charge >= 0.3 is 6.36 Å². The van der Waals surface area contributed by atoms with Gasteiger partial charge in [-0.15, -0.1) is 13.2 Å². The number of ether oxygens (including phenoxy) is 3. The van der Waals surface area contributed by atoms with Crippen molar-refractivity contribution in [2.45, 2.75) is 31.0 Å². The zero-order chi connectivity index (χ0) is 25.0. The number of amides is 2. The Morgan fingerprint density at radius 1 is 1.14 bits per heavy atom. The number of likely N-dealkylation sites (tertiary alicyclic amines) is 1. The number of nitrogens with zero attached hydrogens (tertiary/aromatic N) is 1. The van der Waals surface area contributed by atoms with Crippen LogP contribution in [-0.4, -0.2) is 48.4 Å². The lowest BCUT2D eigenvalue weighted by atomic mass is 9.76. The summed E-state index contributed by atoms with van der Waals surface area (Å²) in [5.74, 6) is -1.73. The molecule has 2 bridgehead atoms. The van der Waals surface area contributed by atoms with Crippen molar-refractivity contribution >= 4 is 17.5 Å². The van der Waals surface area contributed by atoms with E-state index in [1.807, 2.05) is 37.3 Å². The number of halogens is 3. The van der Waals surface area contributed by atoms with Crippen LogP contribution in [-0.2, 0) is 14.3 Å². The molecule has 2 aromatic carbocycles. The van der Waals surface area contributed by atoms with Gasteiger partial charge in [-0.1, -0.05) is 24.3 Å². The molecular formula is C25H23F3N2O5. The lowest BCUT2D eigenvalue weighted by Gasteiger charge is -2.28. The molecule has 1 N–H and O–H groups in total. The van der Waals surface area contributed by atoms with Crippen LogP contribution in [0.25, 0.3) is 0 Å². The molecule has 0 unspecified atom stereocenters. The number of fused-ring (bicyclic) bond motifs is 1. The number of methoxy groups -OCH3 is 1. The fourth-order valence-corrected chi connectivity index (χ4v) is 5.18. The molecule has 2 fully saturated rings. The first-order chi connectivity index (χ1) is 16.6. The van der Waals surface area contributed by atoms with Crippen LogP contribution in [0.2, 0.25) is 0 Å². The van der Waals surface area contributed by atoms with E-state index in [9.17, 15) is 22.8 Å². The molecule has 35 heavy (non-hydrogen) atoms. The monoisotopic (exact) mass is 488 g/mol. The molecule has 0 radical (unpaired) electrons. The Morgan fingerprint density at radius 2 is 1.80 bits per heavy atom. The number of hydrogen-bond donors (Lipinski definition) is 1. The highest BCUT2D eigenvalue weighted by atomic mass is 19.4. The average Bonchev–Trinajstić information content (AvgIpc) is 3.47. The third-order valence-electron chi connectivity index (χ3n) is 6.85. The highest BCUT2D eigenvalue weighted by Gasteiger charge is 2.67. The maximum absolute atomic E-state index is 13.5. The topological polar surface area (TPSA) is 77.1 Å². The second kappa shape index (κ2) is 8.30. The predicted molar refractivity (Wildman–Crippen MR) is 119 cm³/mol. The molecule has 0 aromatic heterocycles. The summed E-state index contributed by atoms with van der Waals surface area (Å²) in [5.41, 5.74) is 0.338. The number of hydrogen-bond acceptors (Lipinski definition) is 5. The highest BCUT2D eigenvalue weighted by Crippen LogP contribution is 2.53. The second-order valence-corrected chi connectivity index (χ2v) is 8.88. The van der Waals surface area contributed by atoms with E-state index in [4.69, 9.17) is 9.47 Å². The van der Waals surface area contributed by atoms with Gasteiger partial charge in [-0.05, 0) is 48.9 Å². The molecule has 0 aliphatic carbocycles. The van der Waals surface area contributed by atoms with Crippen LogP contribution < -0.4 is 14.8 Å². The SMILES string of the molecule is COc1ccc([C@H](C)N2C[C@@]34C=C[C@@H](O3)[C@H](C(=O)Nc3ccc(OC(F)(F)F)cc3)[C@H]4C2=O)cc1. The van der Waals surface area contributed by atoms with Crippen molar-refractivity contribution < 1.29 is 37.0 Å². The molecular weight excluding hydrogens is 465 g/mol. The Balaban J connectivity index is 1.32. The minimum Gasteiger partial charge on any atom is -0.497 e. The van der Waals surface area contributed by atoms with Gasteiger partial charge < -0.3 is 24.4 Å². The summed E-state index contributed by atoms with van der Waals surface area (Å²) in [6, 6.07) is 12.1. The van der Waals surface area contributed by atoms with Crippen molar-refractivity contribution in [2.75, 3.05) is 19.0 Å². The summed E-state index contributed by atoms with van der Waals surface area (Å²) >= 11 is 0. The maximum atomic E-state index is 13.5. The van der Waals surface area contributed by atoms with Gasteiger partial charge in [0, 0.05) is 5.69 Å². The summed E-state index contributed by atoms with van der Waals surface area (Å²) in [5, 5.41) is 2.70. The quantitative estimate of drug-likeness (QED) is 0.621. The maximum Gasteiger partial charge on any atom is 0.573 e. The molecule has 2 saturated heterocycles. The Morgan fingerprint density at radius 3 is 2.43 bits per heavy atom. The van der Waals surface area contributed by atoms with Crippen molar-refractivity contribution in [3.63, 3.8) is 0 Å². The van der Waals surface area contributed by atoms with Gasteiger partial charge in [0.2, 0.25) is 11.8 Å². The number of nitrogens with one attached hydrogen (secondary N) is 1. The van der Waals surface area contributed by atoms with E-state index in [1.54, 1.807) is 18.1 Å². The molecule has 5 atom stereocenters. The first kappa shape index (κ1) is 23.2. The molecule has 0 saturated carbocycles.